The average Bonchev–Trinajstić information content (AvgIpc) is 2.76. The molecule has 1 aromatic heterocycles. The number of ether oxygens (including phenoxy) is 1. The van der Waals surface area contributed by atoms with Crippen LogP contribution in [0.3, 0.4) is 0 Å². The Balaban J connectivity index is 1.74. The first-order valence-corrected chi connectivity index (χ1v) is 10.5. The first kappa shape index (κ1) is 24.2. The standard InChI is InChI=1S/C23H25ClFN5O3/c1-4-20(31)27-14-6-5-7-15(10-14)28-21-18(25)12-26-22(30-21)29-16-8-9-17(24)19(11-16)33-13-23(2,3)32/h4-5,7-12,14,32H,1,6,13H2,2-3H3,(H,27,31)(H2,26,28,29,30). The molecule has 1 unspecified atom stereocenters. The van der Waals surface area contributed by atoms with Crippen molar-refractivity contribution in [3.63, 3.8) is 0 Å². The molecular formula is C23H25ClFN5O3. The number of halogens is 2. The van der Waals surface area contributed by atoms with Gasteiger partial charge in [-0.15, -0.1) is 0 Å². The van der Waals surface area contributed by atoms with Gasteiger partial charge in [0.2, 0.25) is 11.9 Å². The summed E-state index contributed by atoms with van der Waals surface area (Å²) in [5.41, 5.74) is 0.114. The Morgan fingerprint density at radius 2 is 2.21 bits per heavy atom. The lowest BCUT2D eigenvalue weighted by Gasteiger charge is -2.19. The van der Waals surface area contributed by atoms with Crippen molar-refractivity contribution in [2.24, 2.45) is 0 Å². The minimum Gasteiger partial charge on any atom is -0.489 e. The van der Waals surface area contributed by atoms with E-state index in [0.29, 0.717) is 28.6 Å². The van der Waals surface area contributed by atoms with E-state index in [-0.39, 0.29) is 30.3 Å². The summed E-state index contributed by atoms with van der Waals surface area (Å²) in [6.07, 6.45) is 8.25. The van der Waals surface area contributed by atoms with E-state index in [1.54, 1.807) is 44.2 Å². The largest absolute Gasteiger partial charge is 0.489 e. The highest BCUT2D eigenvalue weighted by molar-refractivity contribution is 6.32. The SMILES string of the molecule is C=CC(=O)NC1C=C(Nc2nc(Nc3ccc(Cl)c(OCC(C)(C)O)c3)ncc2F)C=CC1. The van der Waals surface area contributed by atoms with Gasteiger partial charge in [0.05, 0.1) is 22.9 Å². The molecule has 0 spiro atoms. The van der Waals surface area contributed by atoms with Crippen LogP contribution in [0.2, 0.25) is 5.02 Å². The average molecular weight is 474 g/mol. The molecule has 0 fully saturated rings. The van der Waals surface area contributed by atoms with Gasteiger partial charge in [-0.1, -0.05) is 24.3 Å². The highest BCUT2D eigenvalue weighted by atomic mass is 35.5. The third-order valence-corrected chi connectivity index (χ3v) is 4.67. The molecule has 3 rings (SSSR count). The predicted octanol–water partition coefficient (Wildman–Crippen LogP) is 4.09. The summed E-state index contributed by atoms with van der Waals surface area (Å²) in [7, 11) is 0. The first-order valence-electron chi connectivity index (χ1n) is 10.2. The molecule has 0 bridgehead atoms. The molecule has 8 nitrogen and oxygen atoms in total. The van der Waals surface area contributed by atoms with Crippen molar-refractivity contribution in [2.45, 2.75) is 31.9 Å². The highest BCUT2D eigenvalue weighted by Crippen LogP contribution is 2.30. The molecule has 1 aliphatic carbocycles. The molecule has 1 aromatic carbocycles. The number of allylic oxidation sites excluding steroid dienone is 1. The van der Waals surface area contributed by atoms with Crippen LogP contribution in [0.15, 0.2) is 61.0 Å². The van der Waals surface area contributed by atoms with Gasteiger partial charge in [0.1, 0.15) is 12.4 Å². The number of carbonyl (C=O) groups is 1. The second-order valence-electron chi connectivity index (χ2n) is 7.97. The van der Waals surface area contributed by atoms with Gasteiger partial charge in [0, 0.05) is 17.5 Å². The van der Waals surface area contributed by atoms with E-state index in [4.69, 9.17) is 16.3 Å². The van der Waals surface area contributed by atoms with E-state index in [1.165, 1.54) is 6.08 Å². The Morgan fingerprint density at radius 1 is 1.42 bits per heavy atom. The van der Waals surface area contributed by atoms with Crippen LogP contribution in [0.4, 0.5) is 21.8 Å². The van der Waals surface area contributed by atoms with E-state index in [2.05, 4.69) is 32.5 Å². The van der Waals surface area contributed by atoms with E-state index in [9.17, 15) is 14.3 Å². The van der Waals surface area contributed by atoms with Gasteiger partial charge in [-0.2, -0.15) is 4.98 Å². The molecule has 33 heavy (non-hydrogen) atoms. The minimum atomic E-state index is -1.02. The van der Waals surface area contributed by atoms with Gasteiger partial charge in [-0.05, 0) is 50.6 Å². The van der Waals surface area contributed by atoms with Gasteiger partial charge in [0.25, 0.3) is 0 Å². The highest BCUT2D eigenvalue weighted by Gasteiger charge is 2.16. The first-order chi connectivity index (χ1) is 15.6. The number of benzene rings is 1. The smallest absolute Gasteiger partial charge is 0.243 e. The number of amides is 1. The van der Waals surface area contributed by atoms with Crippen molar-refractivity contribution in [1.29, 1.82) is 0 Å². The Labute approximate surface area is 196 Å². The number of rotatable bonds is 9. The fourth-order valence-corrected chi connectivity index (χ4v) is 3.01. The Bertz CT molecular complexity index is 1100. The van der Waals surface area contributed by atoms with Gasteiger partial charge in [0.15, 0.2) is 11.6 Å². The summed E-state index contributed by atoms with van der Waals surface area (Å²) in [4.78, 5) is 19.7. The van der Waals surface area contributed by atoms with Crippen LogP contribution in [-0.2, 0) is 4.79 Å². The zero-order valence-electron chi connectivity index (χ0n) is 18.2. The summed E-state index contributed by atoms with van der Waals surface area (Å²) >= 11 is 6.17. The maximum Gasteiger partial charge on any atom is 0.243 e. The third kappa shape index (κ3) is 7.30. The zero-order chi connectivity index (χ0) is 24.0. The van der Waals surface area contributed by atoms with Crippen LogP contribution >= 0.6 is 11.6 Å². The summed E-state index contributed by atoms with van der Waals surface area (Å²) in [6, 6.07) is 4.70. The molecule has 174 valence electrons. The maximum atomic E-state index is 14.3. The van der Waals surface area contributed by atoms with Crippen molar-refractivity contribution < 1.29 is 19.0 Å². The summed E-state index contributed by atoms with van der Waals surface area (Å²) in [5, 5.41) is 18.9. The number of nitrogens with zero attached hydrogens (tertiary/aromatic N) is 2. The van der Waals surface area contributed by atoms with Gasteiger partial charge < -0.3 is 25.8 Å². The Morgan fingerprint density at radius 3 is 2.94 bits per heavy atom. The van der Waals surface area contributed by atoms with Crippen LogP contribution in [-0.4, -0.2) is 39.2 Å². The molecular weight excluding hydrogens is 449 g/mol. The third-order valence-electron chi connectivity index (χ3n) is 4.36. The number of carbonyl (C=O) groups excluding carboxylic acids is 1. The minimum absolute atomic E-state index is 0.0356. The lowest BCUT2D eigenvalue weighted by Crippen LogP contribution is -2.33. The van der Waals surface area contributed by atoms with Gasteiger partial charge in [-0.3, -0.25) is 4.79 Å². The van der Waals surface area contributed by atoms with E-state index >= 15 is 0 Å². The number of nitrogens with one attached hydrogen (secondary N) is 3. The van der Waals surface area contributed by atoms with Gasteiger partial charge in [-0.25, -0.2) is 9.37 Å². The summed E-state index contributed by atoms with van der Waals surface area (Å²) < 4.78 is 19.9. The van der Waals surface area contributed by atoms with Crippen molar-refractivity contribution in [3.8, 4) is 5.75 Å². The van der Waals surface area contributed by atoms with Crippen molar-refractivity contribution in [3.05, 3.63) is 71.8 Å². The fraction of sp³-hybridized carbons (Fsp3) is 0.261. The Kier molecular flexibility index (Phi) is 7.67. The molecule has 0 radical (unpaired) electrons. The monoisotopic (exact) mass is 473 g/mol. The number of hydrogen-bond acceptors (Lipinski definition) is 7. The second kappa shape index (κ2) is 10.5. The topological polar surface area (TPSA) is 108 Å². The Hall–Kier alpha value is -3.43. The van der Waals surface area contributed by atoms with E-state index < -0.39 is 11.4 Å². The van der Waals surface area contributed by atoms with E-state index in [0.717, 1.165) is 6.20 Å². The molecule has 1 amide bonds. The molecule has 4 N–H and O–H groups in total. The number of hydrogen-bond donors (Lipinski definition) is 4. The molecule has 10 heteroatoms. The summed E-state index contributed by atoms with van der Waals surface area (Å²) in [6.45, 7) is 6.73. The molecule has 1 aliphatic rings. The maximum absolute atomic E-state index is 14.3. The van der Waals surface area contributed by atoms with Crippen LogP contribution in [0.1, 0.15) is 20.3 Å². The molecule has 2 aromatic rings. The molecule has 1 atom stereocenters. The number of anilines is 3. The van der Waals surface area contributed by atoms with Crippen LogP contribution in [0.25, 0.3) is 0 Å². The fourth-order valence-electron chi connectivity index (χ4n) is 2.83. The molecule has 0 saturated carbocycles. The van der Waals surface area contributed by atoms with Gasteiger partial charge >= 0.3 is 0 Å². The molecule has 1 heterocycles. The lowest BCUT2D eigenvalue weighted by molar-refractivity contribution is -0.116. The van der Waals surface area contributed by atoms with Crippen molar-refractivity contribution in [1.82, 2.24) is 15.3 Å². The van der Waals surface area contributed by atoms with E-state index in [1.807, 2.05) is 6.08 Å². The van der Waals surface area contributed by atoms with Crippen LogP contribution in [0, 0.1) is 5.82 Å². The number of aliphatic hydroxyl groups is 1. The molecule has 0 saturated heterocycles. The zero-order valence-corrected chi connectivity index (χ0v) is 19.0. The quantitative estimate of drug-likeness (QED) is 0.406. The van der Waals surface area contributed by atoms with Crippen molar-refractivity contribution in [2.75, 3.05) is 17.2 Å². The normalized spacial score (nSPS) is 15.4. The lowest BCUT2D eigenvalue weighted by atomic mass is 10.1. The predicted molar refractivity (Wildman–Crippen MR) is 126 cm³/mol. The summed E-state index contributed by atoms with van der Waals surface area (Å²) in [5.74, 6) is -0.454. The number of aromatic nitrogens is 2. The van der Waals surface area contributed by atoms with Crippen LogP contribution in [0.5, 0.6) is 5.75 Å². The molecule has 0 aliphatic heterocycles. The van der Waals surface area contributed by atoms with Crippen LogP contribution < -0.4 is 20.7 Å². The van der Waals surface area contributed by atoms with Crippen molar-refractivity contribution >= 4 is 35.0 Å². The second-order valence-corrected chi connectivity index (χ2v) is 8.37.